The summed E-state index contributed by atoms with van der Waals surface area (Å²) in [5, 5.41) is 0.344. The van der Waals surface area contributed by atoms with Crippen LogP contribution in [-0.4, -0.2) is 61.8 Å². The summed E-state index contributed by atoms with van der Waals surface area (Å²) in [5.74, 6) is -0.942. The van der Waals surface area contributed by atoms with Gasteiger partial charge in [-0.15, -0.1) is 0 Å². The molecule has 176 valence electrons. The van der Waals surface area contributed by atoms with Crippen LogP contribution in [-0.2, 0) is 4.74 Å². The van der Waals surface area contributed by atoms with Crippen LogP contribution < -0.4 is 9.64 Å². The summed E-state index contributed by atoms with van der Waals surface area (Å²) in [7, 11) is 0. The molecule has 2 aromatic carbocycles. The van der Waals surface area contributed by atoms with Crippen molar-refractivity contribution in [3.8, 4) is 5.75 Å². The number of amides is 1. The standard InChI is InChI=1S/C24H27F2N3O3S/c1-2-3-12-32-19-6-4-17(5-7-19)23(30)29(9-8-28-10-13-31-14-11-28)24-27-22-20(26)15-18(25)16-21(22)33-24/h4-7,15-16H,2-3,8-14H2,1H3. The number of nitrogens with zero attached hydrogens (tertiary/aromatic N) is 3. The lowest BCUT2D eigenvalue weighted by Gasteiger charge is -2.29. The van der Waals surface area contributed by atoms with Crippen molar-refractivity contribution < 1.29 is 23.0 Å². The fraction of sp³-hybridized carbons (Fsp3) is 0.417. The van der Waals surface area contributed by atoms with Gasteiger partial charge in [0.25, 0.3) is 5.91 Å². The van der Waals surface area contributed by atoms with Crippen LogP contribution in [0.2, 0.25) is 0 Å². The Balaban J connectivity index is 1.58. The highest BCUT2D eigenvalue weighted by atomic mass is 32.1. The Morgan fingerprint density at radius 3 is 2.70 bits per heavy atom. The third-order valence-corrected chi connectivity index (χ3v) is 6.51. The van der Waals surface area contributed by atoms with Gasteiger partial charge in [0.1, 0.15) is 17.1 Å². The number of benzene rings is 2. The number of morpholine rings is 1. The van der Waals surface area contributed by atoms with Crippen LogP contribution in [0.4, 0.5) is 13.9 Å². The third-order valence-electron chi connectivity index (χ3n) is 5.49. The molecular weight excluding hydrogens is 448 g/mol. The van der Waals surface area contributed by atoms with Gasteiger partial charge in [-0.05, 0) is 36.8 Å². The van der Waals surface area contributed by atoms with Crippen molar-refractivity contribution in [2.24, 2.45) is 0 Å². The molecule has 33 heavy (non-hydrogen) atoms. The Bertz CT molecular complexity index is 1080. The molecule has 3 aromatic rings. The predicted molar refractivity (Wildman–Crippen MR) is 125 cm³/mol. The Morgan fingerprint density at radius 2 is 1.97 bits per heavy atom. The Hall–Kier alpha value is -2.62. The number of carbonyl (C=O) groups is 1. The van der Waals surface area contributed by atoms with E-state index in [0.717, 1.165) is 43.3 Å². The van der Waals surface area contributed by atoms with Gasteiger partial charge in [-0.3, -0.25) is 14.6 Å². The first kappa shape index (κ1) is 23.5. The Morgan fingerprint density at radius 1 is 1.21 bits per heavy atom. The number of carbonyl (C=O) groups excluding carboxylic acids is 1. The number of ether oxygens (including phenoxy) is 2. The molecular formula is C24H27F2N3O3S. The van der Waals surface area contributed by atoms with E-state index in [-0.39, 0.29) is 11.4 Å². The number of thiazole rings is 1. The summed E-state index contributed by atoms with van der Waals surface area (Å²) in [6, 6.07) is 9.04. The Kier molecular flexibility index (Phi) is 7.85. The second kappa shape index (κ2) is 11.0. The van der Waals surface area contributed by atoms with Crippen LogP contribution in [0.15, 0.2) is 36.4 Å². The normalized spacial score (nSPS) is 14.5. The van der Waals surface area contributed by atoms with Crippen LogP contribution in [0.25, 0.3) is 10.2 Å². The lowest BCUT2D eigenvalue weighted by atomic mass is 10.2. The maximum absolute atomic E-state index is 14.3. The third kappa shape index (κ3) is 5.85. The maximum Gasteiger partial charge on any atom is 0.260 e. The van der Waals surface area contributed by atoms with E-state index < -0.39 is 11.6 Å². The summed E-state index contributed by atoms with van der Waals surface area (Å²) >= 11 is 1.11. The van der Waals surface area contributed by atoms with E-state index in [0.29, 0.717) is 54.1 Å². The lowest BCUT2D eigenvalue weighted by molar-refractivity contribution is 0.0391. The second-order valence-electron chi connectivity index (χ2n) is 7.87. The molecule has 0 bridgehead atoms. The molecule has 0 atom stereocenters. The number of halogens is 2. The molecule has 0 aliphatic carbocycles. The van der Waals surface area contributed by atoms with Gasteiger partial charge in [-0.1, -0.05) is 24.7 Å². The fourth-order valence-corrected chi connectivity index (χ4v) is 4.62. The molecule has 0 unspecified atom stereocenters. The average Bonchev–Trinajstić information content (AvgIpc) is 3.24. The number of anilines is 1. The topological polar surface area (TPSA) is 54.9 Å². The first-order valence-electron chi connectivity index (χ1n) is 11.2. The predicted octanol–water partition coefficient (Wildman–Crippen LogP) is 4.73. The van der Waals surface area contributed by atoms with Crippen molar-refractivity contribution >= 4 is 32.6 Å². The summed E-state index contributed by atoms with van der Waals surface area (Å²) in [6.07, 6.45) is 2.01. The van der Waals surface area contributed by atoms with Crippen LogP contribution >= 0.6 is 11.3 Å². The smallest absolute Gasteiger partial charge is 0.260 e. The van der Waals surface area contributed by atoms with E-state index in [1.165, 1.54) is 6.07 Å². The minimum absolute atomic E-state index is 0.0697. The van der Waals surface area contributed by atoms with E-state index in [1.54, 1.807) is 29.2 Å². The minimum atomic E-state index is -0.735. The molecule has 0 saturated carbocycles. The van der Waals surface area contributed by atoms with Gasteiger partial charge in [-0.2, -0.15) is 0 Å². The minimum Gasteiger partial charge on any atom is -0.494 e. The summed E-state index contributed by atoms with van der Waals surface area (Å²) < 4.78 is 39.4. The molecule has 0 spiro atoms. The monoisotopic (exact) mass is 475 g/mol. The highest BCUT2D eigenvalue weighted by Crippen LogP contribution is 2.32. The number of unbranched alkanes of at least 4 members (excludes halogenated alkanes) is 1. The molecule has 1 fully saturated rings. The largest absolute Gasteiger partial charge is 0.494 e. The zero-order valence-corrected chi connectivity index (χ0v) is 19.4. The lowest BCUT2D eigenvalue weighted by Crippen LogP contribution is -2.43. The van der Waals surface area contributed by atoms with E-state index in [1.807, 2.05) is 0 Å². The van der Waals surface area contributed by atoms with E-state index in [9.17, 15) is 13.6 Å². The van der Waals surface area contributed by atoms with Crippen molar-refractivity contribution in [2.45, 2.75) is 19.8 Å². The maximum atomic E-state index is 14.3. The average molecular weight is 476 g/mol. The number of aromatic nitrogens is 1. The molecule has 1 aromatic heterocycles. The van der Waals surface area contributed by atoms with E-state index in [4.69, 9.17) is 9.47 Å². The van der Waals surface area contributed by atoms with E-state index in [2.05, 4.69) is 16.8 Å². The zero-order chi connectivity index (χ0) is 23.2. The van der Waals surface area contributed by atoms with Crippen LogP contribution in [0, 0.1) is 11.6 Å². The van der Waals surface area contributed by atoms with Crippen molar-refractivity contribution in [1.82, 2.24) is 9.88 Å². The SMILES string of the molecule is CCCCOc1ccc(C(=O)N(CCN2CCOCC2)c2nc3c(F)cc(F)cc3s2)cc1. The Labute approximate surface area is 195 Å². The van der Waals surface area contributed by atoms with Gasteiger partial charge >= 0.3 is 0 Å². The molecule has 1 amide bonds. The first-order valence-corrected chi connectivity index (χ1v) is 12.0. The number of rotatable bonds is 9. The van der Waals surface area contributed by atoms with Gasteiger partial charge < -0.3 is 9.47 Å². The highest BCUT2D eigenvalue weighted by Gasteiger charge is 2.24. The quantitative estimate of drug-likeness (QED) is 0.419. The number of hydrogen-bond acceptors (Lipinski definition) is 6. The van der Waals surface area contributed by atoms with Gasteiger partial charge in [-0.25, -0.2) is 13.8 Å². The van der Waals surface area contributed by atoms with Crippen LogP contribution in [0.5, 0.6) is 5.75 Å². The number of fused-ring (bicyclic) bond motifs is 1. The summed E-state index contributed by atoms with van der Waals surface area (Å²) in [6.45, 7) is 6.59. The molecule has 9 heteroatoms. The van der Waals surface area contributed by atoms with Crippen LogP contribution in [0.3, 0.4) is 0 Å². The van der Waals surface area contributed by atoms with Crippen LogP contribution in [0.1, 0.15) is 30.1 Å². The van der Waals surface area contributed by atoms with Gasteiger partial charge in [0.15, 0.2) is 10.9 Å². The molecule has 1 saturated heterocycles. The molecule has 1 aliphatic rings. The first-order chi connectivity index (χ1) is 16.0. The van der Waals surface area contributed by atoms with Gasteiger partial charge in [0.2, 0.25) is 0 Å². The van der Waals surface area contributed by atoms with Crippen molar-refractivity contribution in [2.75, 3.05) is 50.9 Å². The van der Waals surface area contributed by atoms with Gasteiger partial charge in [0, 0.05) is 37.8 Å². The fourth-order valence-electron chi connectivity index (χ4n) is 3.60. The van der Waals surface area contributed by atoms with Crippen molar-refractivity contribution in [3.05, 3.63) is 53.6 Å². The highest BCUT2D eigenvalue weighted by molar-refractivity contribution is 7.22. The molecule has 1 aliphatic heterocycles. The molecule has 0 N–H and O–H groups in total. The second-order valence-corrected chi connectivity index (χ2v) is 8.88. The van der Waals surface area contributed by atoms with E-state index >= 15 is 0 Å². The molecule has 6 nitrogen and oxygen atoms in total. The zero-order valence-electron chi connectivity index (χ0n) is 18.6. The summed E-state index contributed by atoms with van der Waals surface area (Å²) in [5.41, 5.74) is 0.547. The number of hydrogen-bond donors (Lipinski definition) is 0. The van der Waals surface area contributed by atoms with Crippen molar-refractivity contribution in [3.63, 3.8) is 0 Å². The molecule has 4 rings (SSSR count). The molecule has 2 heterocycles. The van der Waals surface area contributed by atoms with Crippen molar-refractivity contribution in [1.29, 1.82) is 0 Å². The summed E-state index contributed by atoms with van der Waals surface area (Å²) in [4.78, 5) is 21.6. The van der Waals surface area contributed by atoms with Gasteiger partial charge in [0.05, 0.1) is 24.5 Å². The molecule has 0 radical (unpaired) electrons.